The zero-order valence-corrected chi connectivity index (χ0v) is 21.3. The molecule has 0 aliphatic heterocycles. The zero-order valence-electron chi connectivity index (χ0n) is 19.7. The molecule has 35 heavy (non-hydrogen) atoms. The first kappa shape index (κ1) is 26.5. The standard InChI is InChI=1S/C26H29N5O2S.ClH/c1-2-32-25-18-22(14-15-24(25)33-20-21-10-5-3-6-11-21)19-27-16-9-17-34-26-28-29-30-31(26)23-12-7-4-8-13-23;/h3-8,10-15,18,27H,2,9,16-17,19-20H2,1H3;1H. The summed E-state index contributed by atoms with van der Waals surface area (Å²) in [6.45, 7) is 4.77. The lowest BCUT2D eigenvalue weighted by molar-refractivity contribution is 0.269. The average molecular weight is 512 g/mol. The lowest BCUT2D eigenvalue weighted by Crippen LogP contribution is -2.15. The van der Waals surface area contributed by atoms with Crippen molar-refractivity contribution < 1.29 is 9.47 Å². The third kappa shape index (κ3) is 7.99. The van der Waals surface area contributed by atoms with Gasteiger partial charge in [-0.2, -0.15) is 4.68 Å². The molecule has 0 spiro atoms. The molecular weight excluding hydrogens is 482 g/mol. The van der Waals surface area contributed by atoms with E-state index in [0.717, 1.165) is 58.7 Å². The lowest BCUT2D eigenvalue weighted by Gasteiger charge is -2.14. The Morgan fingerprint density at radius 3 is 2.43 bits per heavy atom. The molecule has 1 N–H and O–H groups in total. The van der Waals surface area contributed by atoms with Gasteiger partial charge in [0.25, 0.3) is 0 Å². The predicted molar refractivity (Wildman–Crippen MR) is 142 cm³/mol. The second-order valence-corrected chi connectivity index (χ2v) is 8.64. The second-order valence-electron chi connectivity index (χ2n) is 7.58. The monoisotopic (exact) mass is 511 g/mol. The fourth-order valence-corrected chi connectivity index (χ4v) is 4.21. The Balaban J connectivity index is 0.00000342. The summed E-state index contributed by atoms with van der Waals surface area (Å²) in [5.74, 6) is 2.47. The molecule has 0 bridgehead atoms. The summed E-state index contributed by atoms with van der Waals surface area (Å²) in [5.41, 5.74) is 3.26. The van der Waals surface area contributed by atoms with Crippen molar-refractivity contribution in [2.45, 2.75) is 31.7 Å². The molecule has 1 aromatic heterocycles. The van der Waals surface area contributed by atoms with Crippen molar-refractivity contribution in [3.63, 3.8) is 0 Å². The highest BCUT2D eigenvalue weighted by molar-refractivity contribution is 7.99. The highest BCUT2D eigenvalue weighted by Crippen LogP contribution is 2.29. The fraction of sp³-hybridized carbons (Fsp3) is 0.269. The third-order valence-corrected chi connectivity index (χ3v) is 6.05. The SMILES string of the molecule is CCOc1cc(CNCCCSc2nnnn2-c2ccccc2)ccc1OCc1ccccc1.Cl. The summed E-state index contributed by atoms with van der Waals surface area (Å²) >= 11 is 1.66. The van der Waals surface area contributed by atoms with Gasteiger partial charge in [-0.25, -0.2) is 0 Å². The highest BCUT2D eigenvalue weighted by atomic mass is 35.5. The van der Waals surface area contributed by atoms with Crippen LogP contribution in [-0.2, 0) is 13.2 Å². The van der Waals surface area contributed by atoms with Gasteiger partial charge in [0, 0.05) is 12.3 Å². The Bertz CT molecular complexity index is 1140. The molecule has 0 amide bonds. The van der Waals surface area contributed by atoms with E-state index in [2.05, 4.69) is 45.1 Å². The molecule has 0 unspecified atom stereocenters. The maximum atomic E-state index is 6.00. The van der Waals surface area contributed by atoms with Gasteiger partial charge in [-0.1, -0.05) is 66.4 Å². The largest absolute Gasteiger partial charge is 0.490 e. The number of aromatic nitrogens is 4. The van der Waals surface area contributed by atoms with Crippen molar-refractivity contribution >= 4 is 24.2 Å². The molecule has 1 heterocycles. The van der Waals surface area contributed by atoms with E-state index in [9.17, 15) is 0 Å². The zero-order chi connectivity index (χ0) is 23.4. The van der Waals surface area contributed by atoms with Crippen molar-refractivity contribution in [3.05, 3.63) is 90.0 Å². The van der Waals surface area contributed by atoms with Gasteiger partial charge in [0.2, 0.25) is 5.16 Å². The van der Waals surface area contributed by atoms with E-state index < -0.39 is 0 Å². The van der Waals surface area contributed by atoms with Gasteiger partial charge < -0.3 is 14.8 Å². The Hall–Kier alpha value is -3.07. The summed E-state index contributed by atoms with van der Waals surface area (Å²) < 4.78 is 13.6. The smallest absolute Gasteiger partial charge is 0.214 e. The number of hydrogen-bond acceptors (Lipinski definition) is 7. The number of rotatable bonds is 13. The van der Waals surface area contributed by atoms with Crippen LogP contribution >= 0.6 is 24.2 Å². The van der Waals surface area contributed by atoms with Gasteiger partial charge in [0.1, 0.15) is 6.61 Å². The molecule has 0 radical (unpaired) electrons. The van der Waals surface area contributed by atoms with E-state index in [0.29, 0.717) is 13.2 Å². The molecule has 4 aromatic rings. The highest BCUT2D eigenvalue weighted by Gasteiger charge is 2.09. The van der Waals surface area contributed by atoms with Crippen LogP contribution in [-0.4, -0.2) is 39.1 Å². The van der Waals surface area contributed by atoms with Crippen LogP contribution in [0, 0.1) is 0 Å². The first-order chi connectivity index (χ1) is 16.8. The Kier molecular flexibility index (Phi) is 10.9. The molecule has 0 aliphatic carbocycles. The molecule has 3 aromatic carbocycles. The van der Waals surface area contributed by atoms with E-state index in [1.165, 1.54) is 0 Å². The van der Waals surface area contributed by atoms with Crippen molar-refractivity contribution in [2.24, 2.45) is 0 Å². The topological polar surface area (TPSA) is 74.1 Å². The summed E-state index contributed by atoms with van der Waals surface area (Å²) in [4.78, 5) is 0. The lowest BCUT2D eigenvalue weighted by atomic mass is 10.2. The molecule has 0 fully saturated rings. The van der Waals surface area contributed by atoms with Crippen molar-refractivity contribution in [3.8, 4) is 17.2 Å². The van der Waals surface area contributed by atoms with Crippen molar-refractivity contribution in [1.82, 2.24) is 25.5 Å². The van der Waals surface area contributed by atoms with Crippen molar-refractivity contribution in [2.75, 3.05) is 18.9 Å². The molecule has 4 rings (SSSR count). The summed E-state index contributed by atoms with van der Waals surface area (Å²) in [7, 11) is 0. The predicted octanol–water partition coefficient (Wildman–Crippen LogP) is 5.33. The molecular formula is C26H30ClN5O2S. The van der Waals surface area contributed by atoms with Gasteiger partial charge in [-0.15, -0.1) is 17.5 Å². The van der Waals surface area contributed by atoms with E-state index in [4.69, 9.17) is 9.47 Å². The first-order valence-electron chi connectivity index (χ1n) is 11.4. The number of thioether (sulfide) groups is 1. The van der Waals surface area contributed by atoms with Crippen LogP contribution in [0.2, 0.25) is 0 Å². The van der Waals surface area contributed by atoms with Gasteiger partial charge in [-0.05, 0) is 65.7 Å². The minimum atomic E-state index is 0. The Labute approximate surface area is 216 Å². The third-order valence-electron chi connectivity index (χ3n) is 5.04. The number of halogens is 1. The van der Waals surface area contributed by atoms with E-state index in [1.54, 1.807) is 16.4 Å². The molecule has 0 saturated carbocycles. The molecule has 0 aliphatic rings. The summed E-state index contributed by atoms with van der Waals surface area (Å²) in [6.07, 6.45) is 1.00. The summed E-state index contributed by atoms with van der Waals surface area (Å²) in [6, 6.07) is 26.2. The summed E-state index contributed by atoms with van der Waals surface area (Å²) in [5, 5.41) is 16.4. The van der Waals surface area contributed by atoms with E-state index >= 15 is 0 Å². The van der Waals surface area contributed by atoms with Crippen LogP contribution in [0.25, 0.3) is 5.69 Å². The van der Waals surface area contributed by atoms with Crippen LogP contribution < -0.4 is 14.8 Å². The minimum Gasteiger partial charge on any atom is -0.490 e. The average Bonchev–Trinajstić information content (AvgIpc) is 3.35. The maximum Gasteiger partial charge on any atom is 0.214 e. The van der Waals surface area contributed by atoms with E-state index in [1.807, 2.05) is 61.5 Å². The van der Waals surface area contributed by atoms with Crippen LogP contribution in [0.15, 0.2) is 84.0 Å². The Morgan fingerprint density at radius 1 is 0.886 bits per heavy atom. The van der Waals surface area contributed by atoms with Gasteiger partial charge in [0.05, 0.1) is 12.3 Å². The minimum absolute atomic E-state index is 0. The van der Waals surface area contributed by atoms with Crippen LogP contribution in [0.3, 0.4) is 0 Å². The molecule has 9 heteroatoms. The fourth-order valence-electron chi connectivity index (χ4n) is 3.38. The second kappa shape index (κ2) is 14.4. The van der Waals surface area contributed by atoms with Crippen LogP contribution in [0.1, 0.15) is 24.5 Å². The number of ether oxygens (including phenoxy) is 2. The van der Waals surface area contributed by atoms with E-state index in [-0.39, 0.29) is 12.4 Å². The maximum absolute atomic E-state index is 6.00. The van der Waals surface area contributed by atoms with Crippen LogP contribution in [0.5, 0.6) is 11.5 Å². The number of nitrogens with one attached hydrogen (secondary N) is 1. The van der Waals surface area contributed by atoms with Gasteiger partial charge in [-0.3, -0.25) is 0 Å². The van der Waals surface area contributed by atoms with Crippen LogP contribution in [0.4, 0.5) is 0 Å². The van der Waals surface area contributed by atoms with Gasteiger partial charge in [0.15, 0.2) is 11.5 Å². The quantitative estimate of drug-likeness (QED) is 0.192. The van der Waals surface area contributed by atoms with Crippen molar-refractivity contribution in [1.29, 1.82) is 0 Å². The number of para-hydroxylation sites is 1. The Morgan fingerprint density at radius 2 is 1.66 bits per heavy atom. The number of benzene rings is 3. The molecule has 7 nitrogen and oxygen atoms in total. The molecule has 0 saturated heterocycles. The number of nitrogens with zero attached hydrogens (tertiary/aromatic N) is 4. The van der Waals surface area contributed by atoms with Gasteiger partial charge >= 0.3 is 0 Å². The normalized spacial score (nSPS) is 10.5. The first-order valence-corrected chi connectivity index (χ1v) is 12.4. The molecule has 0 atom stereocenters. The number of tetrazole rings is 1. The molecule has 184 valence electrons. The number of hydrogen-bond donors (Lipinski definition) is 1.